The minimum absolute atomic E-state index is 0.0828. The summed E-state index contributed by atoms with van der Waals surface area (Å²) in [5.74, 6) is -0.853. The third kappa shape index (κ3) is 4.68. The van der Waals surface area contributed by atoms with Gasteiger partial charge in [0, 0.05) is 24.7 Å². The normalized spacial score (nSPS) is 15.2. The van der Waals surface area contributed by atoms with Gasteiger partial charge in [-0.25, -0.2) is 4.39 Å². The van der Waals surface area contributed by atoms with Gasteiger partial charge in [-0.05, 0) is 55.3 Å². The molecule has 2 aromatic heterocycles. The molecule has 3 heterocycles. The van der Waals surface area contributed by atoms with Gasteiger partial charge in [-0.3, -0.25) is 4.79 Å². The second-order valence-corrected chi connectivity index (χ2v) is 7.20. The molecular formula is C21H18F4N4O2. The Balaban J connectivity index is 1.35. The summed E-state index contributed by atoms with van der Waals surface area (Å²) in [6.07, 6.45) is -2.28. The van der Waals surface area contributed by atoms with E-state index < -0.39 is 23.5 Å². The van der Waals surface area contributed by atoms with Crippen molar-refractivity contribution in [3.05, 3.63) is 60.1 Å². The zero-order chi connectivity index (χ0) is 22.0. The first kappa shape index (κ1) is 20.8. The maximum Gasteiger partial charge on any atom is 0.419 e. The number of rotatable bonds is 4. The molecule has 0 unspecified atom stereocenters. The molecule has 1 fully saturated rings. The topological polar surface area (TPSA) is 71.3 Å². The predicted octanol–water partition coefficient (Wildman–Crippen LogP) is 4.75. The van der Waals surface area contributed by atoms with E-state index in [0.717, 1.165) is 6.07 Å². The molecule has 1 saturated heterocycles. The number of nitrogens with one attached hydrogen (secondary N) is 1. The highest BCUT2D eigenvalue weighted by atomic mass is 19.4. The summed E-state index contributed by atoms with van der Waals surface area (Å²) in [5, 5.41) is 10.8. The third-order valence-electron chi connectivity index (χ3n) is 5.15. The smallest absolute Gasteiger partial charge is 0.419 e. The summed E-state index contributed by atoms with van der Waals surface area (Å²) >= 11 is 0. The van der Waals surface area contributed by atoms with Gasteiger partial charge < -0.3 is 14.6 Å². The lowest BCUT2D eigenvalue weighted by molar-refractivity contribution is -0.140. The minimum atomic E-state index is -4.83. The molecule has 162 valence electrons. The van der Waals surface area contributed by atoms with Crippen molar-refractivity contribution in [2.75, 3.05) is 23.3 Å². The molecule has 0 atom stereocenters. The van der Waals surface area contributed by atoms with Crippen LogP contribution in [0, 0.1) is 11.7 Å². The van der Waals surface area contributed by atoms with Crippen LogP contribution >= 0.6 is 0 Å². The number of carbonyl (C=O) groups excluding carboxylic acids is 1. The highest BCUT2D eigenvalue weighted by Gasteiger charge is 2.34. The second-order valence-electron chi connectivity index (χ2n) is 7.20. The van der Waals surface area contributed by atoms with E-state index in [-0.39, 0.29) is 11.6 Å². The lowest BCUT2D eigenvalue weighted by atomic mass is 9.95. The molecule has 0 radical (unpaired) electrons. The van der Waals surface area contributed by atoms with Crippen LogP contribution in [0.3, 0.4) is 0 Å². The second kappa shape index (κ2) is 8.37. The fourth-order valence-electron chi connectivity index (χ4n) is 3.48. The Labute approximate surface area is 174 Å². The van der Waals surface area contributed by atoms with Crippen molar-refractivity contribution >= 4 is 17.4 Å². The average Bonchev–Trinajstić information content (AvgIpc) is 3.29. The van der Waals surface area contributed by atoms with Crippen LogP contribution in [0.5, 0.6) is 0 Å². The maximum atomic E-state index is 13.4. The standard InChI is InChI=1S/C21H18F4N4O2/c22-16-4-3-14(12-15(16)21(23,24)25)26-20(30)13-7-9-29(10-8-13)19-6-5-17(27-28-19)18-2-1-11-31-18/h1-6,11-13H,7-10H2,(H,26,30). The summed E-state index contributed by atoms with van der Waals surface area (Å²) in [6.45, 7) is 1.09. The number of furan rings is 1. The Morgan fingerprint density at radius 3 is 2.48 bits per heavy atom. The van der Waals surface area contributed by atoms with E-state index in [2.05, 4.69) is 15.5 Å². The van der Waals surface area contributed by atoms with Gasteiger partial charge in [0.05, 0.1) is 11.8 Å². The van der Waals surface area contributed by atoms with Crippen LogP contribution in [0.15, 0.2) is 53.1 Å². The number of anilines is 2. The van der Waals surface area contributed by atoms with Crippen LogP contribution < -0.4 is 10.2 Å². The van der Waals surface area contributed by atoms with Crippen molar-refractivity contribution in [3.8, 4) is 11.5 Å². The van der Waals surface area contributed by atoms with Gasteiger partial charge in [0.25, 0.3) is 0 Å². The Bertz CT molecular complexity index is 1040. The first-order chi connectivity index (χ1) is 14.8. The number of halogens is 4. The number of hydrogen-bond acceptors (Lipinski definition) is 5. The molecule has 0 saturated carbocycles. The van der Waals surface area contributed by atoms with Gasteiger partial charge in [0.15, 0.2) is 11.6 Å². The van der Waals surface area contributed by atoms with E-state index in [1.807, 2.05) is 11.0 Å². The number of nitrogens with zero attached hydrogens (tertiary/aromatic N) is 3. The largest absolute Gasteiger partial charge is 0.463 e. The highest BCUT2D eigenvalue weighted by Crippen LogP contribution is 2.33. The van der Waals surface area contributed by atoms with E-state index in [0.29, 0.717) is 55.3 Å². The van der Waals surface area contributed by atoms with Crippen LogP contribution in [0.1, 0.15) is 18.4 Å². The Kier molecular flexibility index (Phi) is 5.62. The van der Waals surface area contributed by atoms with Crippen LogP contribution in [-0.2, 0) is 11.0 Å². The fourth-order valence-corrected chi connectivity index (χ4v) is 3.48. The van der Waals surface area contributed by atoms with Crippen molar-refractivity contribution < 1.29 is 26.8 Å². The fraction of sp³-hybridized carbons (Fsp3) is 0.286. The van der Waals surface area contributed by atoms with E-state index in [1.54, 1.807) is 24.5 Å². The number of hydrogen-bond donors (Lipinski definition) is 1. The molecule has 31 heavy (non-hydrogen) atoms. The van der Waals surface area contributed by atoms with Crippen LogP contribution in [0.25, 0.3) is 11.5 Å². The van der Waals surface area contributed by atoms with Gasteiger partial charge in [0.1, 0.15) is 11.5 Å². The van der Waals surface area contributed by atoms with Gasteiger partial charge in [-0.2, -0.15) is 13.2 Å². The molecule has 6 nitrogen and oxygen atoms in total. The SMILES string of the molecule is O=C(Nc1ccc(F)c(C(F)(F)F)c1)C1CCN(c2ccc(-c3ccco3)nn2)CC1. The molecule has 1 N–H and O–H groups in total. The summed E-state index contributed by atoms with van der Waals surface area (Å²) in [6, 6.07) is 9.59. The number of amides is 1. The minimum Gasteiger partial charge on any atom is -0.463 e. The molecule has 0 spiro atoms. The first-order valence-electron chi connectivity index (χ1n) is 9.61. The Hall–Kier alpha value is -3.43. The van der Waals surface area contributed by atoms with Crippen LogP contribution in [-0.4, -0.2) is 29.2 Å². The zero-order valence-electron chi connectivity index (χ0n) is 16.2. The molecule has 4 rings (SSSR count). The molecule has 0 aliphatic carbocycles. The van der Waals surface area contributed by atoms with Crippen molar-refractivity contribution in [1.29, 1.82) is 0 Å². The molecular weight excluding hydrogens is 416 g/mol. The Morgan fingerprint density at radius 2 is 1.87 bits per heavy atom. The molecule has 10 heteroatoms. The summed E-state index contributed by atoms with van der Waals surface area (Å²) < 4.78 is 57.3. The molecule has 1 aromatic carbocycles. The van der Waals surface area contributed by atoms with Gasteiger partial charge in [-0.1, -0.05) is 0 Å². The maximum absolute atomic E-state index is 13.4. The quantitative estimate of drug-likeness (QED) is 0.600. The summed E-state index contributed by atoms with van der Waals surface area (Å²) in [5.41, 5.74) is -0.877. The lowest BCUT2D eigenvalue weighted by Gasteiger charge is -2.31. The molecule has 1 amide bonds. The predicted molar refractivity (Wildman–Crippen MR) is 105 cm³/mol. The van der Waals surface area contributed by atoms with Crippen molar-refractivity contribution in [2.45, 2.75) is 19.0 Å². The van der Waals surface area contributed by atoms with Gasteiger partial charge >= 0.3 is 6.18 Å². The van der Waals surface area contributed by atoms with E-state index >= 15 is 0 Å². The van der Waals surface area contributed by atoms with Crippen molar-refractivity contribution in [3.63, 3.8) is 0 Å². The third-order valence-corrected chi connectivity index (χ3v) is 5.15. The van der Waals surface area contributed by atoms with E-state index in [1.165, 1.54) is 0 Å². The monoisotopic (exact) mass is 434 g/mol. The van der Waals surface area contributed by atoms with Crippen molar-refractivity contribution in [2.24, 2.45) is 5.92 Å². The molecule has 1 aliphatic rings. The number of carbonyl (C=O) groups is 1. The number of benzene rings is 1. The summed E-state index contributed by atoms with van der Waals surface area (Å²) in [4.78, 5) is 14.5. The lowest BCUT2D eigenvalue weighted by Crippen LogP contribution is -2.38. The molecule has 0 bridgehead atoms. The number of aromatic nitrogens is 2. The van der Waals surface area contributed by atoms with E-state index in [4.69, 9.17) is 4.42 Å². The summed E-state index contributed by atoms with van der Waals surface area (Å²) in [7, 11) is 0. The number of alkyl halides is 3. The first-order valence-corrected chi connectivity index (χ1v) is 9.61. The van der Waals surface area contributed by atoms with Crippen molar-refractivity contribution in [1.82, 2.24) is 10.2 Å². The zero-order valence-corrected chi connectivity index (χ0v) is 16.2. The Morgan fingerprint density at radius 1 is 1.10 bits per heavy atom. The van der Waals surface area contributed by atoms with Gasteiger partial charge in [-0.15, -0.1) is 10.2 Å². The molecule has 1 aliphatic heterocycles. The van der Waals surface area contributed by atoms with Crippen LogP contribution in [0.4, 0.5) is 29.1 Å². The molecule has 3 aromatic rings. The highest BCUT2D eigenvalue weighted by molar-refractivity contribution is 5.92. The van der Waals surface area contributed by atoms with Crippen LogP contribution in [0.2, 0.25) is 0 Å². The number of piperidine rings is 1. The van der Waals surface area contributed by atoms with E-state index in [9.17, 15) is 22.4 Å². The van der Waals surface area contributed by atoms with Gasteiger partial charge in [0.2, 0.25) is 5.91 Å². The average molecular weight is 434 g/mol.